The van der Waals surface area contributed by atoms with Crippen molar-refractivity contribution in [2.75, 3.05) is 0 Å². The molecule has 0 amide bonds. The number of hydrogen-bond acceptors (Lipinski definition) is 1. The summed E-state index contributed by atoms with van der Waals surface area (Å²) in [5.74, 6) is 0.610. The molecule has 0 bridgehead atoms. The fourth-order valence-electron chi connectivity index (χ4n) is 3.82. The van der Waals surface area contributed by atoms with Gasteiger partial charge < -0.3 is 5.11 Å². The first-order valence-electron chi connectivity index (χ1n) is 6.71. The average Bonchev–Trinajstić information content (AvgIpc) is 2.25. The van der Waals surface area contributed by atoms with Crippen molar-refractivity contribution in [1.82, 2.24) is 0 Å². The predicted molar refractivity (Wildman–Crippen MR) is 68.2 cm³/mol. The summed E-state index contributed by atoms with van der Waals surface area (Å²) in [4.78, 5) is 0. The van der Waals surface area contributed by atoms with E-state index in [1.807, 2.05) is 0 Å². The minimum atomic E-state index is -0.539. The molecule has 1 nitrogen and oxygen atoms in total. The maximum Gasteiger partial charge on any atom is 0.0731 e. The van der Waals surface area contributed by atoms with Crippen LogP contribution in [0.5, 0.6) is 0 Å². The molecule has 0 heterocycles. The van der Waals surface area contributed by atoms with Crippen LogP contribution in [-0.2, 0) is 0 Å². The maximum atomic E-state index is 11.1. The summed E-state index contributed by atoms with van der Waals surface area (Å²) in [5.41, 5.74) is -0.378. The minimum Gasteiger partial charge on any atom is -0.389 e. The monoisotopic (exact) mass is 222 g/mol. The van der Waals surface area contributed by atoms with Gasteiger partial charge in [-0.2, -0.15) is 0 Å². The van der Waals surface area contributed by atoms with Gasteiger partial charge in [-0.25, -0.2) is 0 Å². The topological polar surface area (TPSA) is 20.2 Å². The fraction of sp³-hybridized carbons (Fsp3) is 0.867. The van der Waals surface area contributed by atoms with Gasteiger partial charge in [-0.15, -0.1) is 0 Å². The first-order chi connectivity index (χ1) is 7.33. The Kier molecular flexibility index (Phi) is 2.73. The van der Waals surface area contributed by atoms with Crippen molar-refractivity contribution in [3.05, 3.63) is 12.2 Å². The van der Waals surface area contributed by atoms with Crippen molar-refractivity contribution in [2.45, 2.75) is 65.4 Å². The number of hydrogen-bond donors (Lipinski definition) is 1. The zero-order chi connectivity index (χ0) is 12.0. The van der Waals surface area contributed by atoms with E-state index in [9.17, 15) is 5.11 Å². The Morgan fingerprint density at radius 1 is 1.12 bits per heavy atom. The first kappa shape index (κ1) is 12.2. The summed E-state index contributed by atoms with van der Waals surface area (Å²) in [6.07, 6.45) is 10.4. The smallest absolute Gasteiger partial charge is 0.0731 e. The Hall–Kier alpha value is -0.300. The number of rotatable bonds is 0. The van der Waals surface area contributed by atoms with Crippen molar-refractivity contribution in [1.29, 1.82) is 0 Å². The highest BCUT2D eigenvalue weighted by Crippen LogP contribution is 2.60. The average molecular weight is 222 g/mol. The number of aliphatic hydroxyl groups is 1. The second-order valence-electron chi connectivity index (χ2n) is 6.73. The molecule has 0 saturated heterocycles. The third-order valence-corrected chi connectivity index (χ3v) is 6.04. The van der Waals surface area contributed by atoms with Gasteiger partial charge in [0, 0.05) is 5.41 Å². The van der Waals surface area contributed by atoms with Crippen LogP contribution in [0.15, 0.2) is 12.2 Å². The van der Waals surface area contributed by atoms with Gasteiger partial charge in [0.25, 0.3) is 0 Å². The molecule has 1 spiro atoms. The van der Waals surface area contributed by atoms with Gasteiger partial charge in [-0.05, 0) is 50.4 Å². The molecule has 16 heavy (non-hydrogen) atoms. The van der Waals surface area contributed by atoms with E-state index in [0.29, 0.717) is 5.92 Å². The minimum absolute atomic E-state index is 0.0242. The molecule has 92 valence electrons. The van der Waals surface area contributed by atoms with Crippen LogP contribution in [-0.4, -0.2) is 10.7 Å². The highest BCUT2D eigenvalue weighted by molar-refractivity contribution is 5.13. The lowest BCUT2D eigenvalue weighted by atomic mass is 9.47. The van der Waals surface area contributed by atoms with Gasteiger partial charge in [0.15, 0.2) is 0 Å². The van der Waals surface area contributed by atoms with E-state index in [4.69, 9.17) is 0 Å². The van der Waals surface area contributed by atoms with E-state index < -0.39 is 5.60 Å². The molecule has 1 saturated carbocycles. The lowest BCUT2D eigenvalue weighted by molar-refractivity contribution is -0.201. The molecule has 0 aromatic rings. The largest absolute Gasteiger partial charge is 0.389 e. The Bertz CT molecular complexity index is 301. The van der Waals surface area contributed by atoms with E-state index in [2.05, 4.69) is 39.8 Å². The quantitative estimate of drug-likeness (QED) is 0.616. The van der Waals surface area contributed by atoms with Gasteiger partial charge in [0.05, 0.1) is 5.60 Å². The third kappa shape index (κ3) is 1.40. The molecule has 2 aliphatic rings. The molecular formula is C15H26O. The van der Waals surface area contributed by atoms with Crippen molar-refractivity contribution >= 4 is 0 Å². The highest BCUT2D eigenvalue weighted by Gasteiger charge is 2.59. The molecule has 2 rings (SSSR count). The molecule has 3 unspecified atom stereocenters. The van der Waals surface area contributed by atoms with Crippen LogP contribution in [0.3, 0.4) is 0 Å². The van der Waals surface area contributed by atoms with Crippen LogP contribution in [0.1, 0.15) is 59.8 Å². The van der Waals surface area contributed by atoms with Crippen molar-refractivity contribution < 1.29 is 5.11 Å². The van der Waals surface area contributed by atoms with E-state index in [0.717, 1.165) is 19.3 Å². The lowest BCUT2D eigenvalue weighted by Crippen LogP contribution is -2.61. The van der Waals surface area contributed by atoms with Gasteiger partial charge in [-0.1, -0.05) is 32.9 Å². The summed E-state index contributed by atoms with van der Waals surface area (Å²) in [7, 11) is 0. The summed E-state index contributed by atoms with van der Waals surface area (Å²) >= 11 is 0. The van der Waals surface area contributed by atoms with E-state index in [-0.39, 0.29) is 10.8 Å². The highest BCUT2D eigenvalue weighted by atomic mass is 16.3. The zero-order valence-corrected chi connectivity index (χ0v) is 11.2. The molecule has 1 fully saturated rings. The van der Waals surface area contributed by atoms with E-state index in [1.165, 1.54) is 12.8 Å². The Morgan fingerprint density at radius 3 is 2.38 bits per heavy atom. The predicted octanol–water partition coefficient (Wildman–Crippen LogP) is 3.92. The Morgan fingerprint density at radius 2 is 1.81 bits per heavy atom. The second-order valence-corrected chi connectivity index (χ2v) is 6.73. The molecule has 0 aromatic carbocycles. The van der Waals surface area contributed by atoms with Crippen LogP contribution >= 0.6 is 0 Å². The summed E-state index contributed by atoms with van der Waals surface area (Å²) in [6.45, 7) is 8.87. The molecule has 2 aliphatic carbocycles. The van der Waals surface area contributed by atoms with Gasteiger partial charge in [-0.3, -0.25) is 0 Å². The van der Waals surface area contributed by atoms with Crippen LogP contribution in [0.4, 0.5) is 0 Å². The van der Waals surface area contributed by atoms with Crippen molar-refractivity contribution in [3.8, 4) is 0 Å². The van der Waals surface area contributed by atoms with Crippen LogP contribution < -0.4 is 0 Å². The summed E-state index contributed by atoms with van der Waals surface area (Å²) < 4.78 is 0. The molecule has 1 heteroatoms. The van der Waals surface area contributed by atoms with Crippen molar-refractivity contribution in [2.24, 2.45) is 16.7 Å². The maximum absolute atomic E-state index is 11.1. The number of allylic oxidation sites excluding steroid dienone is 2. The molecular weight excluding hydrogens is 196 g/mol. The Labute approximate surface area is 99.9 Å². The molecule has 0 radical (unpaired) electrons. The normalized spacial score (nSPS) is 47.2. The van der Waals surface area contributed by atoms with Crippen LogP contribution in [0.2, 0.25) is 0 Å². The van der Waals surface area contributed by atoms with E-state index in [1.54, 1.807) is 0 Å². The molecule has 0 aliphatic heterocycles. The Balaban J connectivity index is 2.38. The molecule has 1 N–H and O–H groups in total. The zero-order valence-electron chi connectivity index (χ0n) is 11.2. The van der Waals surface area contributed by atoms with E-state index >= 15 is 0 Å². The summed E-state index contributed by atoms with van der Waals surface area (Å²) in [5, 5.41) is 11.1. The second kappa shape index (κ2) is 3.60. The SMILES string of the molecule is CC1CCC2(CC=CCC2)C(C)(O)C1(C)C. The standard InChI is InChI=1S/C15H26O/c1-12-8-11-15(9-6-5-7-10-15)14(4,16)13(12,2)3/h5-6,12,16H,7-11H2,1-4H3. The molecule has 0 aromatic heterocycles. The third-order valence-electron chi connectivity index (χ3n) is 6.04. The van der Waals surface area contributed by atoms with Gasteiger partial charge >= 0.3 is 0 Å². The fourth-order valence-corrected chi connectivity index (χ4v) is 3.82. The van der Waals surface area contributed by atoms with Gasteiger partial charge in [0.1, 0.15) is 0 Å². The summed E-state index contributed by atoms with van der Waals surface area (Å²) in [6, 6.07) is 0. The van der Waals surface area contributed by atoms with Crippen molar-refractivity contribution in [3.63, 3.8) is 0 Å². The van der Waals surface area contributed by atoms with Gasteiger partial charge in [0.2, 0.25) is 0 Å². The lowest BCUT2D eigenvalue weighted by Gasteiger charge is -2.60. The molecule has 3 atom stereocenters. The van der Waals surface area contributed by atoms with Crippen LogP contribution in [0, 0.1) is 16.7 Å². The first-order valence-corrected chi connectivity index (χ1v) is 6.71. The van der Waals surface area contributed by atoms with Crippen LogP contribution in [0.25, 0.3) is 0 Å².